The fraction of sp³-hybridized carbons (Fsp3) is 0.0625. The van der Waals surface area contributed by atoms with Crippen LogP contribution in [-0.4, -0.2) is 33.1 Å². The van der Waals surface area contributed by atoms with Crippen LogP contribution in [0.5, 0.6) is 5.75 Å². The van der Waals surface area contributed by atoms with E-state index >= 15 is 0 Å². The van der Waals surface area contributed by atoms with Crippen molar-refractivity contribution in [2.24, 2.45) is 0 Å². The van der Waals surface area contributed by atoms with E-state index in [0.717, 1.165) is 18.2 Å². The third-order valence-electron chi connectivity index (χ3n) is 3.57. The van der Waals surface area contributed by atoms with Crippen molar-refractivity contribution in [2.75, 3.05) is 12.4 Å². The summed E-state index contributed by atoms with van der Waals surface area (Å²) in [7, 11) is 1.52. The van der Waals surface area contributed by atoms with Crippen LogP contribution in [0.25, 0.3) is 11.5 Å². The summed E-state index contributed by atoms with van der Waals surface area (Å²) in [6.45, 7) is 0. The molecule has 1 heterocycles. The number of aromatic nitrogens is 2. The molecule has 0 spiro atoms. The predicted octanol–water partition coefficient (Wildman–Crippen LogP) is 2.81. The molecule has 1 N–H and O–H groups in total. The minimum Gasteiger partial charge on any atom is -0.497 e. The van der Waals surface area contributed by atoms with Crippen LogP contribution >= 0.6 is 0 Å². The Bertz CT molecular complexity index is 1030. The number of non-ortho nitro benzene ring substituents is 2. The first-order valence-corrected chi connectivity index (χ1v) is 7.60. The fourth-order valence-electron chi connectivity index (χ4n) is 2.23. The zero-order chi connectivity index (χ0) is 20.3. The lowest BCUT2D eigenvalue weighted by Gasteiger charge is -2.01. The van der Waals surface area contributed by atoms with Crippen molar-refractivity contribution < 1.29 is 23.8 Å². The number of nitro benzene ring substituents is 2. The van der Waals surface area contributed by atoms with Gasteiger partial charge in [0.05, 0.1) is 28.6 Å². The number of hydrogen-bond donors (Lipinski definition) is 1. The van der Waals surface area contributed by atoms with E-state index in [1.54, 1.807) is 24.3 Å². The minimum atomic E-state index is -0.878. The van der Waals surface area contributed by atoms with E-state index in [1.807, 2.05) is 0 Å². The summed E-state index contributed by atoms with van der Waals surface area (Å²) in [6.07, 6.45) is 0. The summed E-state index contributed by atoms with van der Waals surface area (Å²) in [5, 5.41) is 31.5. The normalized spacial score (nSPS) is 10.3. The van der Waals surface area contributed by atoms with Gasteiger partial charge in [-0.1, -0.05) is 5.10 Å². The first-order valence-electron chi connectivity index (χ1n) is 7.60. The Morgan fingerprint density at radius 2 is 1.64 bits per heavy atom. The average molecular weight is 385 g/mol. The van der Waals surface area contributed by atoms with Gasteiger partial charge in [0.1, 0.15) is 5.75 Å². The first-order chi connectivity index (χ1) is 13.4. The summed E-state index contributed by atoms with van der Waals surface area (Å²) in [5.74, 6) is -0.135. The van der Waals surface area contributed by atoms with Gasteiger partial charge in [0, 0.05) is 17.7 Å². The van der Waals surface area contributed by atoms with E-state index < -0.39 is 27.1 Å². The summed E-state index contributed by atoms with van der Waals surface area (Å²) >= 11 is 0. The zero-order valence-corrected chi connectivity index (χ0v) is 14.2. The van der Waals surface area contributed by atoms with E-state index in [2.05, 4.69) is 15.5 Å². The van der Waals surface area contributed by atoms with Crippen molar-refractivity contribution in [2.45, 2.75) is 0 Å². The summed E-state index contributed by atoms with van der Waals surface area (Å²) in [4.78, 5) is 32.5. The molecule has 0 aliphatic rings. The second-order valence-corrected chi connectivity index (χ2v) is 5.35. The molecular formula is C16H11N5O7. The van der Waals surface area contributed by atoms with E-state index in [4.69, 9.17) is 9.15 Å². The van der Waals surface area contributed by atoms with Crippen molar-refractivity contribution in [3.8, 4) is 17.2 Å². The number of ether oxygens (including phenoxy) is 1. The zero-order valence-electron chi connectivity index (χ0n) is 14.2. The molecule has 0 fully saturated rings. The lowest BCUT2D eigenvalue weighted by atomic mass is 10.1. The topological polar surface area (TPSA) is 164 Å². The maximum absolute atomic E-state index is 12.3. The van der Waals surface area contributed by atoms with Crippen LogP contribution in [0.4, 0.5) is 17.4 Å². The molecule has 1 amide bonds. The highest BCUT2D eigenvalue weighted by Crippen LogP contribution is 2.25. The summed E-state index contributed by atoms with van der Waals surface area (Å²) in [5.41, 5.74) is -0.919. The number of amides is 1. The van der Waals surface area contributed by atoms with Crippen molar-refractivity contribution in [3.05, 3.63) is 68.3 Å². The molecule has 0 bridgehead atoms. The Kier molecular flexibility index (Phi) is 4.93. The van der Waals surface area contributed by atoms with E-state index in [-0.39, 0.29) is 17.5 Å². The first kappa shape index (κ1) is 18.4. The Labute approximate surface area is 156 Å². The maximum atomic E-state index is 12.3. The number of nitrogens with one attached hydrogen (secondary N) is 1. The molecule has 142 valence electrons. The summed E-state index contributed by atoms with van der Waals surface area (Å²) < 4.78 is 10.4. The lowest BCUT2D eigenvalue weighted by Crippen LogP contribution is -2.13. The van der Waals surface area contributed by atoms with Crippen LogP contribution in [0.2, 0.25) is 0 Å². The Morgan fingerprint density at radius 3 is 2.18 bits per heavy atom. The van der Waals surface area contributed by atoms with Crippen molar-refractivity contribution in [1.29, 1.82) is 0 Å². The quantitative estimate of drug-likeness (QED) is 0.496. The monoisotopic (exact) mass is 385 g/mol. The Hall–Kier alpha value is -4.35. The molecule has 28 heavy (non-hydrogen) atoms. The highest BCUT2D eigenvalue weighted by molar-refractivity contribution is 6.04. The average Bonchev–Trinajstić information content (AvgIpc) is 3.16. The van der Waals surface area contributed by atoms with E-state index in [0.29, 0.717) is 11.3 Å². The summed E-state index contributed by atoms with van der Waals surface area (Å²) in [6, 6.07) is 8.99. The third kappa shape index (κ3) is 3.90. The van der Waals surface area contributed by atoms with Gasteiger partial charge >= 0.3 is 6.01 Å². The van der Waals surface area contributed by atoms with Gasteiger partial charge in [-0.3, -0.25) is 30.3 Å². The van der Waals surface area contributed by atoms with Crippen LogP contribution in [0.15, 0.2) is 46.9 Å². The number of methoxy groups -OCH3 is 1. The lowest BCUT2D eigenvalue weighted by molar-refractivity contribution is -0.394. The highest BCUT2D eigenvalue weighted by atomic mass is 16.6. The molecule has 3 aromatic rings. The number of nitro groups is 2. The van der Waals surface area contributed by atoms with Gasteiger partial charge in [-0.05, 0) is 24.3 Å². The molecule has 2 aromatic carbocycles. The third-order valence-corrected chi connectivity index (χ3v) is 3.57. The van der Waals surface area contributed by atoms with Crippen molar-refractivity contribution >= 4 is 23.3 Å². The fourth-order valence-corrected chi connectivity index (χ4v) is 2.23. The number of hydrogen-bond acceptors (Lipinski definition) is 9. The highest BCUT2D eigenvalue weighted by Gasteiger charge is 2.21. The molecule has 0 unspecified atom stereocenters. The van der Waals surface area contributed by atoms with Crippen LogP contribution < -0.4 is 10.1 Å². The number of benzene rings is 2. The van der Waals surface area contributed by atoms with Crippen LogP contribution in [-0.2, 0) is 0 Å². The number of anilines is 1. The second kappa shape index (κ2) is 7.49. The van der Waals surface area contributed by atoms with Gasteiger partial charge in [0.15, 0.2) is 0 Å². The molecular weight excluding hydrogens is 374 g/mol. The van der Waals surface area contributed by atoms with Gasteiger partial charge in [-0.15, -0.1) is 5.10 Å². The molecule has 3 rings (SSSR count). The number of nitrogens with zero attached hydrogens (tertiary/aromatic N) is 4. The molecule has 12 heteroatoms. The van der Waals surface area contributed by atoms with E-state index in [9.17, 15) is 25.0 Å². The second-order valence-electron chi connectivity index (χ2n) is 5.35. The number of rotatable bonds is 6. The van der Waals surface area contributed by atoms with Gasteiger partial charge in [0.2, 0.25) is 5.89 Å². The molecule has 12 nitrogen and oxygen atoms in total. The largest absolute Gasteiger partial charge is 0.497 e. The van der Waals surface area contributed by atoms with Crippen LogP contribution in [0.3, 0.4) is 0 Å². The van der Waals surface area contributed by atoms with Gasteiger partial charge in [-0.2, -0.15) is 0 Å². The molecule has 0 saturated carbocycles. The number of carbonyl (C=O) groups excluding carboxylic acids is 1. The van der Waals surface area contributed by atoms with Crippen LogP contribution in [0, 0.1) is 20.2 Å². The standard InChI is InChI=1S/C16H11N5O7/c1-27-13-4-2-9(3-5-13)15-18-19-16(28-15)17-14(22)10-6-11(20(23)24)8-12(7-10)21(25)26/h2-8H,1H3,(H,17,19,22). The maximum Gasteiger partial charge on any atom is 0.322 e. The predicted molar refractivity (Wildman–Crippen MR) is 94.0 cm³/mol. The Balaban J connectivity index is 1.82. The number of carbonyl (C=O) groups is 1. The SMILES string of the molecule is COc1ccc(-c2nnc(NC(=O)c3cc([N+](=O)[O-])cc([N+](=O)[O-])c3)o2)cc1. The van der Waals surface area contributed by atoms with Crippen molar-refractivity contribution in [1.82, 2.24) is 10.2 Å². The molecule has 0 aliphatic carbocycles. The smallest absolute Gasteiger partial charge is 0.322 e. The van der Waals surface area contributed by atoms with Crippen molar-refractivity contribution in [3.63, 3.8) is 0 Å². The molecule has 0 radical (unpaired) electrons. The minimum absolute atomic E-state index is 0.114. The molecule has 0 aliphatic heterocycles. The molecule has 0 atom stereocenters. The van der Waals surface area contributed by atoms with Gasteiger partial charge in [-0.25, -0.2) is 0 Å². The van der Waals surface area contributed by atoms with E-state index in [1.165, 1.54) is 7.11 Å². The van der Waals surface area contributed by atoms with Gasteiger partial charge < -0.3 is 9.15 Å². The molecule has 0 saturated heterocycles. The Morgan fingerprint density at radius 1 is 1.04 bits per heavy atom. The van der Waals surface area contributed by atoms with Gasteiger partial charge in [0.25, 0.3) is 17.3 Å². The van der Waals surface area contributed by atoms with Crippen LogP contribution in [0.1, 0.15) is 10.4 Å². The molecule has 1 aromatic heterocycles.